The third-order valence-corrected chi connectivity index (χ3v) is 3.83. The number of nitrogens with one attached hydrogen (secondary N) is 1. The first-order valence-electron chi connectivity index (χ1n) is 6.66. The highest BCUT2D eigenvalue weighted by molar-refractivity contribution is 6.31. The molecule has 4 nitrogen and oxygen atoms in total. The number of aliphatic hydroxyl groups excluding tert-OH is 1. The zero-order valence-corrected chi connectivity index (χ0v) is 11.9. The van der Waals surface area contributed by atoms with Crippen LogP contribution in [0.5, 0.6) is 0 Å². The summed E-state index contributed by atoms with van der Waals surface area (Å²) in [4.78, 5) is 13.9. The summed E-state index contributed by atoms with van der Waals surface area (Å²) in [7, 11) is 0. The number of piperidine rings is 1. The second kappa shape index (κ2) is 7.02. The minimum atomic E-state index is -0.504. The molecule has 0 radical (unpaired) electrons. The normalized spacial score (nSPS) is 17.1. The van der Waals surface area contributed by atoms with Crippen LogP contribution in [0.4, 0.5) is 10.1 Å². The third kappa shape index (κ3) is 4.16. The van der Waals surface area contributed by atoms with Crippen molar-refractivity contribution in [3.8, 4) is 0 Å². The van der Waals surface area contributed by atoms with E-state index in [2.05, 4.69) is 5.32 Å². The lowest BCUT2D eigenvalue weighted by Gasteiger charge is -2.30. The Morgan fingerprint density at radius 2 is 2.15 bits per heavy atom. The van der Waals surface area contributed by atoms with Crippen molar-refractivity contribution >= 4 is 23.2 Å². The molecule has 6 heteroatoms. The van der Waals surface area contributed by atoms with Gasteiger partial charge < -0.3 is 10.4 Å². The molecule has 1 fully saturated rings. The minimum absolute atomic E-state index is 0.00781. The van der Waals surface area contributed by atoms with E-state index in [4.69, 9.17) is 16.7 Å². The molecule has 2 rings (SSSR count). The van der Waals surface area contributed by atoms with Crippen LogP contribution in [0.15, 0.2) is 18.2 Å². The predicted molar refractivity (Wildman–Crippen MR) is 76.3 cm³/mol. The minimum Gasteiger partial charge on any atom is -0.396 e. The van der Waals surface area contributed by atoms with Crippen molar-refractivity contribution in [2.75, 3.05) is 31.6 Å². The van der Waals surface area contributed by atoms with Crippen LogP contribution < -0.4 is 5.32 Å². The molecular formula is C14H18ClFN2O2. The molecule has 0 aliphatic carbocycles. The van der Waals surface area contributed by atoms with Crippen molar-refractivity contribution in [1.82, 2.24) is 4.90 Å². The zero-order valence-electron chi connectivity index (χ0n) is 11.1. The quantitative estimate of drug-likeness (QED) is 0.895. The van der Waals surface area contributed by atoms with Crippen LogP contribution in [0, 0.1) is 11.7 Å². The van der Waals surface area contributed by atoms with Crippen LogP contribution in [0.25, 0.3) is 0 Å². The molecular weight excluding hydrogens is 283 g/mol. The molecule has 1 aromatic rings. The Kier molecular flexibility index (Phi) is 5.34. The first-order chi connectivity index (χ1) is 9.58. The molecule has 1 heterocycles. The van der Waals surface area contributed by atoms with Gasteiger partial charge >= 0.3 is 0 Å². The number of carbonyl (C=O) groups is 1. The fraction of sp³-hybridized carbons (Fsp3) is 0.500. The first-order valence-corrected chi connectivity index (χ1v) is 7.04. The summed E-state index contributed by atoms with van der Waals surface area (Å²) in [5.41, 5.74) is 0.492. The van der Waals surface area contributed by atoms with Gasteiger partial charge in [0, 0.05) is 12.3 Å². The van der Waals surface area contributed by atoms with Crippen LogP contribution in [-0.2, 0) is 4.79 Å². The molecule has 0 atom stereocenters. The molecule has 0 bridgehead atoms. The fourth-order valence-electron chi connectivity index (χ4n) is 2.30. The Morgan fingerprint density at radius 3 is 2.75 bits per heavy atom. The lowest BCUT2D eigenvalue weighted by Crippen LogP contribution is -2.39. The average molecular weight is 301 g/mol. The topological polar surface area (TPSA) is 52.6 Å². The van der Waals surface area contributed by atoms with Gasteiger partial charge in [-0.2, -0.15) is 0 Å². The fourth-order valence-corrected chi connectivity index (χ4v) is 2.49. The van der Waals surface area contributed by atoms with Crippen LogP contribution in [-0.4, -0.2) is 42.2 Å². The highest BCUT2D eigenvalue weighted by atomic mass is 35.5. The molecule has 2 N–H and O–H groups in total. The number of amides is 1. The van der Waals surface area contributed by atoms with Crippen LogP contribution >= 0.6 is 11.6 Å². The van der Waals surface area contributed by atoms with Gasteiger partial charge in [-0.15, -0.1) is 0 Å². The van der Waals surface area contributed by atoms with E-state index in [1.54, 1.807) is 0 Å². The highest BCUT2D eigenvalue weighted by Crippen LogP contribution is 2.20. The number of benzene rings is 1. The molecule has 1 saturated heterocycles. The SMILES string of the molecule is O=C(CN1CCC(CO)CC1)Nc1ccc(F)c(Cl)c1. The Bertz CT molecular complexity index is 476. The van der Waals surface area contributed by atoms with Gasteiger partial charge in [-0.1, -0.05) is 11.6 Å². The van der Waals surface area contributed by atoms with Crippen LogP contribution in [0.2, 0.25) is 5.02 Å². The van der Waals surface area contributed by atoms with Gasteiger partial charge in [0.15, 0.2) is 0 Å². The predicted octanol–water partition coefficient (Wildman–Crippen LogP) is 2.12. The molecule has 1 aliphatic heterocycles. The zero-order chi connectivity index (χ0) is 14.5. The Labute approximate surface area is 122 Å². The summed E-state index contributed by atoms with van der Waals surface area (Å²) in [6, 6.07) is 4.11. The average Bonchev–Trinajstić information content (AvgIpc) is 2.44. The summed E-state index contributed by atoms with van der Waals surface area (Å²) in [6.07, 6.45) is 1.82. The van der Waals surface area contributed by atoms with Gasteiger partial charge in [-0.25, -0.2) is 4.39 Å². The highest BCUT2D eigenvalue weighted by Gasteiger charge is 2.20. The molecule has 110 valence electrons. The lowest BCUT2D eigenvalue weighted by molar-refractivity contribution is -0.117. The van der Waals surface area contributed by atoms with E-state index >= 15 is 0 Å². The summed E-state index contributed by atoms with van der Waals surface area (Å²) >= 11 is 5.66. The van der Waals surface area contributed by atoms with E-state index in [0.717, 1.165) is 25.9 Å². The largest absolute Gasteiger partial charge is 0.396 e. The number of hydrogen-bond acceptors (Lipinski definition) is 3. The van der Waals surface area contributed by atoms with Gasteiger partial charge in [-0.05, 0) is 50.0 Å². The van der Waals surface area contributed by atoms with Crippen molar-refractivity contribution < 1.29 is 14.3 Å². The number of aliphatic hydroxyl groups is 1. The monoisotopic (exact) mass is 300 g/mol. The van der Waals surface area contributed by atoms with Crippen molar-refractivity contribution in [2.24, 2.45) is 5.92 Å². The maximum atomic E-state index is 13.0. The van der Waals surface area contributed by atoms with Crippen LogP contribution in [0.1, 0.15) is 12.8 Å². The number of nitrogens with zero attached hydrogens (tertiary/aromatic N) is 1. The molecule has 1 aliphatic rings. The molecule has 0 unspecified atom stereocenters. The van der Waals surface area contributed by atoms with Gasteiger partial charge in [0.25, 0.3) is 0 Å². The van der Waals surface area contributed by atoms with E-state index in [0.29, 0.717) is 18.2 Å². The van der Waals surface area contributed by atoms with Gasteiger partial charge in [0.05, 0.1) is 11.6 Å². The lowest BCUT2D eigenvalue weighted by atomic mass is 9.98. The van der Waals surface area contributed by atoms with Gasteiger partial charge in [0.2, 0.25) is 5.91 Å². The van der Waals surface area contributed by atoms with Crippen molar-refractivity contribution in [3.63, 3.8) is 0 Å². The van der Waals surface area contributed by atoms with Crippen LogP contribution in [0.3, 0.4) is 0 Å². The smallest absolute Gasteiger partial charge is 0.238 e. The molecule has 20 heavy (non-hydrogen) atoms. The van der Waals surface area contributed by atoms with E-state index in [9.17, 15) is 9.18 Å². The molecule has 0 spiro atoms. The van der Waals surface area contributed by atoms with E-state index < -0.39 is 5.82 Å². The number of likely N-dealkylation sites (tertiary alicyclic amines) is 1. The van der Waals surface area contributed by atoms with Crippen molar-refractivity contribution in [1.29, 1.82) is 0 Å². The third-order valence-electron chi connectivity index (χ3n) is 3.54. The molecule has 0 saturated carbocycles. The summed E-state index contributed by atoms with van der Waals surface area (Å²) in [5.74, 6) is -0.295. The summed E-state index contributed by atoms with van der Waals surface area (Å²) in [5, 5.41) is 11.8. The number of carbonyl (C=O) groups excluding carboxylic acids is 1. The number of rotatable bonds is 4. The molecule has 0 aromatic heterocycles. The van der Waals surface area contributed by atoms with E-state index in [-0.39, 0.29) is 17.5 Å². The summed E-state index contributed by atoms with van der Waals surface area (Å²) in [6.45, 7) is 2.13. The summed E-state index contributed by atoms with van der Waals surface area (Å²) < 4.78 is 13.0. The van der Waals surface area contributed by atoms with E-state index in [1.807, 2.05) is 4.90 Å². The van der Waals surface area contributed by atoms with Gasteiger partial charge in [-0.3, -0.25) is 9.69 Å². The second-order valence-corrected chi connectivity index (χ2v) is 5.49. The number of halogens is 2. The number of anilines is 1. The number of hydrogen-bond donors (Lipinski definition) is 2. The first kappa shape index (κ1) is 15.2. The maximum absolute atomic E-state index is 13.0. The molecule has 1 aromatic carbocycles. The maximum Gasteiger partial charge on any atom is 0.238 e. The van der Waals surface area contributed by atoms with Crippen molar-refractivity contribution in [3.05, 3.63) is 29.0 Å². The Morgan fingerprint density at radius 1 is 1.45 bits per heavy atom. The Hall–Kier alpha value is -1.17. The van der Waals surface area contributed by atoms with Crippen molar-refractivity contribution in [2.45, 2.75) is 12.8 Å². The molecule has 1 amide bonds. The van der Waals surface area contributed by atoms with E-state index in [1.165, 1.54) is 18.2 Å². The Balaban J connectivity index is 1.82. The second-order valence-electron chi connectivity index (χ2n) is 5.08. The van der Waals surface area contributed by atoms with Gasteiger partial charge in [0.1, 0.15) is 5.82 Å². The standard InChI is InChI=1S/C14H18ClFN2O2/c15-12-7-11(1-2-13(12)16)17-14(20)8-18-5-3-10(9-19)4-6-18/h1-2,7,10,19H,3-6,8-9H2,(H,17,20).